The summed E-state index contributed by atoms with van der Waals surface area (Å²) in [6.45, 7) is 1.75. The Bertz CT molecular complexity index is 550. The number of hydrogen-bond acceptors (Lipinski definition) is 5. The maximum absolute atomic E-state index is 12.0. The van der Waals surface area contributed by atoms with Crippen LogP contribution in [-0.4, -0.2) is 35.0 Å². The number of anilines is 1. The summed E-state index contributed by atoms with van der Waals surface area (Å²) in [7, 11) is 0. The molecule has 0 aliphatic carbocycles. The van der Waals surface area contributed by atoms with Gasteiger partial charge in [0.2, 0.25) is 5.95 Å². The maximum Gasteiger partial charge on any atom is 0.261 e. The van der Waals surface area contributed by atoms with E-state index in [-0.39, 0.29) is 11.9 Å². The molecule has 1 amide bonds. The van der Waals surface area contributed by atoms with E-state index in [0.717, 1.165) is 36.8 Å². The average Bonchev–Trinajstić information content (AvgIpc) is 3.03. The number of carbonyl (C=O) groups excluding carboxylic acids is 1. The number of amides is 1. The van der Waals surface area contributed by atoms with Crippen molar-refractivity contribution in [3.8, 4) is 0 Å². The molecule has 3 heterocycles. The molecule has 6 heteroatoms. The summed E-state index contributed by atoms with van der Waals surface area (Å²) in [5, 5.41) is 5.02. The van der Waals surface area contributed by atoms with Crippen molar-refractivity contribution in [2.24, 2.45) is 0 Å². The minimum Gasteiger partial charge on any atom is -0.348 e. The Labute approximate surface area is 121 Å². The zero-order valence-electron chi connectivity index (χ0n) is 11.0. The van der Waals surface area contributed by atoms with Gasteiger partial charge in [-0.25, -0.2) is 9.97 Å². The molecule has 1 aliphatic rings. The van der Waals surface area contributed by atoms with Crippen molar-refractivity contribution in [1.29, 1.82) is 0 Å². The second-order valence-corrected chi connectivity index (χ2v) is 5.71. The normalized spacial score (nSPS) is 16.1. The first-order valence-corrected chi connectivity index (χ1v) is 7.57. The fourth-order valence-corrected chi connectivity index (χ4v) is 2.97. The molecule has 104 valence electrons. The number of nitrogens with one attached hydrogen (secondary N) is 1. The minimum absolute atomic E-state index is 0.0365. The van der Waals surface area contributed by atoms with Crippen LogP contribution >= 0.6 is 11.3 Å². The molecule has 0 unspecified atom stereocenters. The van der Waals surface area contributed by atoms with Crippen LogP contribution in [0, 0.1) is 0 Å². The van der Waals surface area contributed by atoms with Crippen molar-refractivity contribution in [3.05, 3.63) is 40.8 Å². The lowest BCUT2D eigenvalue weighted by Crippen LogP contribution is -2.45. The van der Waals surface area contributed by atoms with E-state index in [1.54, 1.807) is 12.4 Å². The number of carbonyl (C=O) groups is 1. The van der Waals surface area contributed by atoms with E-state index in [9.17, 15) is 4.79 Å². The summed E-state index contributed by atoms with van der Waals surface area (Å²) in [5.74, 6) is 0.810. The summed E-state index contributed by atoms with van der Waals surface area (Å²) >= 11 is 1.47. The van der Waals surface area contributed by atoms with Crippen molar-refractivity contribution < 1.29 is 4.79 Å². The molecule has 0 aromatic carbocycles. The van der Waals surface area contributed by atoms with Gasteiger partial charge in [-0.1, -0.05) is 6.07 Å². The van der Waals surface area contributed by atoms with Gasteiger partial charge < -0.3 is 10.2 Å². The highest BCUT2D eigenvalue weighted by atomic mass is 32.1. The molecule has 5 nitrogen and oxygen atoms in total. The predicted octanol–water partition coefficient (Wildman–Crippen LogP) is 1.94. The van der Waals surface area contributed by atoms with Crippen LogP contribution in [0.3, 0.4) is 0 Å². The van der Waals surface area contributed by atoms with Crippen LogP contribution in [0.2, 0.25) is 0 Å². The molecule has 20 heavy (non-hydrogen) atoms. The lowest BCUT2D eigenvalue weighted by atomic mass is 10.1. The molecule has 1 aliphatic heterocycles. The fraction of sp³-hybridized carbons (Fsp3) is 0.357. The fourth-order valence-electron chi connectivity index (χ4n) is 2.34. The van der Waals surface area contributed by atoms with Gasteiger partial charge in [-0.05, 0) is 30.4 Å². The molecule has 1 saturated heterocycles. The molecule has 1 fully saturated rings. The van der Waals surface area contributed by atoms with Crippen LogP contribution in [0.4, 0.5) is 5.95 Å². The van der Waals surface area contributed by atoms with E-state index in [1.165, 1.54) is 11.3 Å². The van der Waals surface area contributed by atoms with Gasteiger partial charge in [0.05, 0.1) is 4.88 Å². The summed E-state index contributed by atoms with van der Waals surface area (Å²) in [5.41, 5.74) is 0. The lowest BCUT2D eigenvalue weighted by Gasteiger charge is -2.32. The molecule has 0 bridgehead atoms. The Balaban J connectivity index is 1.53. The van der Waals surface area contributed by atoms with E-state index in [1.807, 2.05) is 23.6 Å². The molecule has 1 N–H and O–H groups in total. The maximum atomic E-state index is 12.0. The molecule has 2 aromatic heterocycles. The number of rotatable bonds is 3. The van der Waals surface area contributed by atoms with E-state index in [4.69, 9.17) is 0 Å². The third-order valence-electron chi connectivity index (χ3n) is 3.41. The molecule has 0 spiro atoms. The second kappa shape index (κ2) is 6.00. The summed E-state index contributed by atoms with van der Waals surface area (Å²) in [6, 6.07) is 5.81. The van der Waals surface area contributed by atoms with Crippen LogP contribution in [0.15, 0.2) is 36.0 Å². The van der Waals surface area contributed by atoms with Crippen molar-refractivity contribution in [3.63, 3.8) is 0 Å². The van der Waals surface area contributed by atoms with Crippen LogP contribution in [0.5, 0.6) is 0 Å². The molecular formula is C14H16N4OS. The monoisotopic (exact) mass is 288 g/mol. The number of thiophene rings is 1. The highest BCUT2D eigenvalue weighted by Crippen LogP contribution is 2.16. The standard InChI is InChI=1S/C14H16N4OS/c19-13(12-3-1-10-20-12)17-11-4-8-18(9-5-11)14-15-6-2-7-16-14/h1-3,6-7,10-11H,4-5,8-9H2,(H,17,19). The third kappa shape index (κ3) is 2.96. The number of piperidine rings is 1. The molecule has 2 aromatic rings. The predicted molar refractivity (Wildman–Crippen MR) is 79.1 cm³/mol. The minimum atomic E-state index is 0.0365. The molecule has 0 atom stereocenters. The number of nitrogens with zero attached hydrogens (tertiary/aromatic N) is 3. The third-order valence-corrected chi connectivity index (χ3v) is 4.28. The van der Waals surface area contributed by atoms with E-state index < -0.39 is 0 Å². The van der Waals surface area contributed by atoms with Crippen LogP contribution in [0.25, 0.3) is 0 Å². The summed E-state index contributed by atoms with van der Waals surface area (Å²) in [6.07, 6.45) is 5.37. The van der Waals surface area contributed by atoms with Crippen LogP contribution < -0.4 is 10.2 Å². The molecule has 0 radical (unpaired) electrons. The largest absolute Gasteiger partial charge is 0.348 e. The zero-order valence-corrected chi connectivity index (χ0v) is 11.8. The van der Waals surface area contributed by atoms with Gasteiger partial charge in [-0.2, -0.15) is 0 Å². The molecule has 0 saturated carbocycles. The van der Waals surface area contributed by atoms with Crippen LogP contribution in [-0.2, 0) is 0 Å². The van der Waals surface area contributed by atoms with Crippen LogP contribution in [0.1, 0.15) is 22.5 Å². The SMILES string of the molecule is O=C(NC1CCN(c2ncccn2)CC1)c1cccs1. The first-order valence-electron chi connectivity index (χ1n) is 6.69. The Morgan fingerprint density at radius 2 is 2.00 bits per heavy atom. The van der Waals surface area contributed by atoms with Crippen molar-refractivity contribution in [1.82, 2.24) is 15.3 Å². The topological polar surface area (TPSA) is 58.1 Å². The van der Waals surface area contributed by atoms with Gasteiger partial charge >= 0.3 is 0 Å². The Morgan fingerprint density at radius 3 is 2.65 bits per heavy atom. The van der Waals surface area contributed by atoms with E-state index in [0.29, 0.717) is 0 Å². The van der Waals surface area contributed by atoms with Gasteiger partial charge in [-0.15, -0.1) is 11.3 Å². The molecule has 3 rings (SSSR count). The quantitative estimate of drug-likeness (QED) is 0.937. The highest BCUT2D eigenvalue weighted by Gasteiger charge is 2.22. The van der Waals surface area contributed by atoms with Gasteiger partial charge in [-0.3, -0.25) is 4.79 Å². The average molecular weight is 288 g/mol. The van der Waals surface area contributed by atoms with Gasteiger partial charge in [0.1, 0.15) is 0 Å². The van der Waals surface area contributed by atoms with Gasteiger partial charge in [0, 0.05) is 31.5 Å². The van der Waals surface area contributed by atoms with Gasteiger partial charge in [0.15, 0.2) is 0 Å². The first kappa shape index (κ1) is 13.1. The van der Waals surface area contributed by atoms with E-state index in [2.05, 4.69) is 20.2 Å². The first-order chi connectivity index (χ1) is 9.83. The zero-order chi connectivity index (χ0) is 13.8. The smallest absolute Gasteiger partial charge is 0.261 e. The van der Waals surface area contributed by atoms with Gasteiger partial charge in [0.25, 0.3) is 5.91 Å². The van der Waals surface area contributed by atoms with E-state index >= 15 is 0 Å². The number of aromatic nitrogens is 2. The van der Waals surface area contributed by atoms with Crippen molar-refractivity contribution >= 4 is 23.2 Å². The van der Waals surface area contributed by atoms with Crippen molar-refractivity contribution in [2.45, 2.75) is 18.9 Å². The Morgan fingerprint density at radius 1 is 1.25 bits per heavy atom. The lowest BCUT2D eigenvalue weighted by molar-refractivity contribution is 0.0935. The van der Waals surface area contributed by atoms with Crippen molar-refractivity contribution in [2.75, 3.05) is 18.0 Å². The molecular weight excluding hydrogens is 272 g/mol. The Kier molecular flexibility index (Phi) is 3.92. The summed E-state index contributed by atoms with van der Waals surface area (Å²) in [4.78, 5) is 23.4. The second-order valence-electron chi connectivity index (χ2n) is 4.76. The Hall–Kier alpha value is -1.95. The highest BCUT2D eigenvalue weighted by molar-refractivity contribution is 7.12. The number of hydrogen-bond donors (Lipinski definition) is 1. The summed E-state index contributed by atoms with van der Waals surface area (Å²) < 4.78 is 0.